The summed E-state index contributed by atoms with van der Waals surface area (Å²) in [4.78, 5) is 24.1. The van der Waals surface area contributed by atoms with Crippen LogP contribution in [0.25, 0.3) is 22.6 Å². The predicted molar refractivity (Wildman–Crippen MR) is 171 cm³/mol. The van der Waals surface area contributed by atoms with Crippen LogP contribution in [0.1, 0.15) is 41.5 Å². The van der Waals surface area contributed by atoms with Crippen molar-refractivity contribution in [3.63, 3.8) is 0 Å². The van der Waals surface area contributed by atoms with Crippen molar-refractivity contribution in [3.8, 4) is 22.8 Å². The summed E-state index contributed by atoms with van der Waals surface area (Å²) in [7, 11) is 0. The third kappa shape index (κ3) is 6.90. The van der Waals surface area contributed by atoms with Crippen molar-refractivity contribution >= 4 is 34.2 Å². The number of amidine groups is 1. The molecule has 0 atom stereocenters. The molecule has 0 spiro atoms. The van der Waals surface area contributed by atoms with E-state index in [1.807, 2.05) is 24.3 Å². The van der Waals surface area contributed by atoms with E-state index in [2.05, 4.69) is 62.9 Å². The van der Waals surface area contributed by atoms with Gasteiger partial charge in [0.15, 0.2) is 11.0 Å². The molecule has 232 valence electrons. The van der Waals surface area contributed by atoms with Crippen LogP contribution >= 0.6 is 11.8 Å². The standard InChI is InChI=1S/C33H31F3N6O2S/c1-20-17-21(2)29(22(3)18-20)41-15-16-45-32(41)39-31(43)38-28-6-4-5-27(28)23-7-9-24(10-8-23)30-37-19-42(40-30)25-11-13-26(14-12-25)44-33(34,35)36/h7-14,17-19H,4-6,15-16H2,1-3H3,(H,38,43)/b39-32-. The van der Waals surface area contributed by atoms with Gasteiger partial charge in [0.2, 0.25) is 0 Å². The highest BCUT2D eigenvalue weighted by atomic mass is 32.2. The van der Waals surface area contributed by atoms with Gasteiger partial charge in [0.25, 0.3) is 0 Å². The van der Waals surface area contributed by atoms with E-state index >= 15 is 0 Å². The van der Waals surface area contributed by atoms with Gasteiger partial charge in [-0.3, -0.25) is 0 Å². The number of aryl methyl sites for hydroxylation is 3. The molecule has 0 radical (unpaired) electrons. The minimum Gasteiger partial charge on any atom is -0.406 e. The van der Waals surface area contributed by atoms with Gasteiger partial charge in [0.05, 0.1) is 5.69 Å². The smallest absolute Gasteiger partial charge is 0.406 e. The van der Waals surface area contributed by atoms with Crippen LogP contribution in [-0.2, 0) is 0 Å². The molecule has 2 amide bonds. The van der Waals surface area contributed by atoms with E-state index in [0.717, 1.165) is 59.6 Å². The van der Waals surface area contributed by atoms with Gasteiger partial charge in [0.1, 0.15) is 12.1 Å². The number of thioether (sulfide) groups is 1. The van der Waals surface area contributed by atoms with Gasteiger partial charge in [0, 0.05) is 29.2 Å². The first-order chi connectivity index (χ1) is 21.5. The number of alkyl halides is 3. The molecule has 4 aromatic rings. The third-order valence-electron chi connectivity index (χ3n) is 7.67. The second-order valence-electron chi connectivity index (χ2n) is 11.0. The molecule has 2 aliphatic rings. The maximum Gasteiger partial charge on any atom is 0.573 e. The second-order valence-corrected chi connectivity index (χ2v) is 12.1. The number of hydrogen-bond donors (Lipinski definition) is 1. The summed E-state index contributed by atoms with van der Waals surface area (Å²) in [6.07, 6.45) is -0.706. The molecule has 1 N–H and O–H groups in total. The lowest BCUT2D eigenvalue weighted by Gasteiger charge is -2.23. The number of anilines is 1. The summed E-state index contributed by atoms with van der Waals surface area (Å²) in [5.74, 6) is 1.04. The molecule has 1 aromatic heterocycles. The maximum absolute atomic E-state index is 13.1. The molecular formula is C33H31F3N6O2S. The molecule has 1 saturated heterocycles. The van der Waals surface area contributed by atoms with Crippen LogP contribution in [0.5, 0.6) is 5.75 Å². The summed E-state index contributed by atoms with van der Waals surface area (Å²) >= 11 is 1.59. The topological polar surface area (TPSA) is 84.6 Å². The molecule has 8 nitrogen and oxygen atoms in total. The number of benzene rings is 3. The molecule has 1 aliphatic heterocycles. The van der Waals surface area contributed by atoms with Crippen LogP contribution in [0, 0.1) is 20.8 Å². The Kier molecular flexibility index (Phi) is 8.41. The number of nitrogens with one attached hydrogen (secondary N) is 1. The Balaban J connectivity index is 1.15. The first-order valence-corrected chi connectivity index (χ1v) is 15.5. The largest absolute Gasteiger partial charge is 0.573 e. The minimum atomic E-state index is -4.75. The Morgan fingerprint density at radius 2 is 1.67 bits per heavy atom. The van der Waals surface area contributed by atoms with Crippen LogP contribution in [0.15, 0.2) is 77.7 Å². The fourth-order valence-electron chi connectivity index (χ4n) is 5.88. The lowest BCUT2D eigenvalue weighted by molar-refractivity contribution is -0.274. The SMILES string of the molecule is Cc1cc(C)c(N2CCS/C2=N\C(=O)NC2=C(c3ccc(-c4ncn(-c5ccc(OC(F)(F)F)cc5)n4)cc3)CCC2)c(C)c1. The van der Waals surface area contributed by atoms with E-state index in [1.165, 1.54) is 52.0 Å². The number of carbonyl (C=O) groups is 1. The van der Waals surface area contributed by atoms with E-state index in [4.69, 9.17) is 0 Å². The van der Waals surface area contributed by atoms with Gasteiger partial charge in [-0.1, -0.05) is 53.7 Å². The zero-order valence-corrected chi connectivity index (χ0v) is 25.8. The zero-order chi connectivity index (χ0) is 31.7. The second kappa shape index (κ2) is 12.4. The Labute approximate surface area is 263 Å². The number of hydrogen-bond acceptors (Lipinski definition) is 5. The number of urea groups is 1. The van der Waals surface area contributed by atoms with Crippen molar-refractivity contribution in [1.82, 2.24) is 20.1 Å². The molecule has 0 unspecified atom stereocenters. The number of aromatic nitrogens is 3. The lowest BCUT2D eigenvalue weighted by Crippen LogP contribution is -2.28. The van der Waals surface area contributed by atoms with Crippen LogP contribution in [0.3, 0.4) is 0 Å². The molecule has 2 heterocycles. The van der Waals surface area contributed by atoms with Gasteiger partial charge in [-0.25, -0.2) is 14.5 Å². The van der Waals surface area contributed by atoms with Crippen LogP contribution in [0.4, 0.5) is 23.7 Å². The quantitative estimate of drug-likeness (QED) is 0.232. The van der Waals surface area contributed by atoms with Gasteiger partial charge in [-0.05, 0) is 86.6 Å². The van der Waals surface area contributed by atoms with Crippen molar-refractivity contribution < 1.29 is 22.7 Å². The number of nitrogens with zero attached hydrogens (tertiary/aromatic N) is 5. The van der Waals surface area contributed by atoms with Crippen molar-refractivity contribution in [2.75, 3.05) is 17.2 Å². The molecular weight excluding hydrogens is 601 g/mol. The highest BCUT2D eigenvalue weighted by molar-refractivity contribution is 8.14. The summed E-state index contributed by atoms with van der Waals surface area (Å²) in [6, 6.07) is 17.1. The number of allylic oxidation sites excluding steroid dienone is 2. The van der Waals surface area contributed by atoms with Crippen LogP contribution < -0.4 is 15.0 Å². The highest BCUT2D eigenvalue weighted by Gasteiger charge is 2.31. The first-order valence-electron chi connectivity index (χ1n) is 14.5. The molecule has 0 bridgehead atoms. The van der Waals surface area contributed by atoms with E-state index in [-0.39, 0.29) is 11.8 Å². The molecule has 0 saturated carbocycles. The van der Waals surface area contributed by atoms with Gasteiger partial charge in [-0.15, -0.1) is 18.3 Å². The fourth-order valence-corrected chi connectivity index (χ4v) is 6.83. The zero-order valence-electron chi connectivity index (χ0n) is 25.0. The van der Waals surface area contributed by atoms with Gasteiger partial charge < -0.3 is 15.0 Å². The molecule has 1 fully saturated rings. The van der Waals surface area contributed by atoms with Crippen molar-refractivity contribution in [2.24, 2.45) is 4.99 Å². The average Bonchev–Trinajstić information content (AvgIpc) is 3.75. The van der Waals surface area contributed by atoms with Gasteiger partial charge >= 0.3 is 12.4 Å². The predicted octanol–water partition coefficient (Wildman–Crippen LogP) is 7.97. The third-order valence-corrected chi connectivity index (χ3v) is 8.63. The van der Waals surface area contributed by atoms with Crippen molar-refractivity contribution in [2.45, 2.75) is 46.4 Å². The van der Waals surface area contributed by atoms with Gasteiger partial charge in [-0.2, -0.15) is 4.99 Å². The normalized spacial score (nSPS) is 16.1. The number of aliphatic imine (C=N–C) groups is 1. The maximum atomic E-state index is 13.1. The Bertz CT molecular complexity index is 1770. The summed E-state index contributed by atoms with van der Waals surface area (Å²) in [6.45, 7) is 7.08. The summed E-state index contributed by atoms with van der Waals surface area (Å²) in [5.41, 5.74) is 8.96. The summed E-state index contributed by atoms with van der Waals surface area (Å²) < 4.78 is 42.8. The Morgan fingerprint density at radius 3 is 2.36 bits per heavy atom. The number of carbonyl (C=O) groups excluding carboxylic acids is 1. The number of amides is 2. The number of rotatable bonds is 6. The molecule has 45 heavy (non-hydrogen) atoms. The molecule has 3 aromatic carbocycles. The lowest BCUT2D eigenvalue weighted by atomic mass is 10.0. The Morgan fingerprint density at radius 1 is 0.978 bits per heavy atom. The molecule has 6 rings (SSSR count). The molecule has 12 heteroatoms. The number of ether oxygens (including phenoxy) is 1. The van der Waals surface area contributed by atoms with E-state index < -0.39 is 6.36 Å². The van der Waals surface area contributed by atoms with E-state index in [1.54, 1.807) is 11.8 Å². The Hall–Kier alpha value is -4.58. The monoisotopic (exact) mass is 632 g/mol. The molecule has 1 aliphatic carbocycles. The van der Waals surface area contributed by atoms with Crippen molar-refractivity contribution in [3.05, 3.63) is 94.9 Å². The highest BCUT2D eigenvalue weighted by Crippen LogP contribution is 2.35. The van der Waals surface area contributed by atoms with Crippen LogP contribution in [0.2, 0.25) is 0 Å². The fraction of sp³-hybridized carbons (Fsp3) is 0.273. The first kappa shape index (κ1) is 30.4. The van der Waals surface area contributed by atoms with E-state index in [0.29, 0.717) is 16.7 Å². The van der Waals surface area contributed by atoms with Crippen molar-refractivity contribution in [1.29, 1.82) is 0 Å². The van der Waals surface area contributed by atoms with E-state index in [9.17, 15) is 18.0 Å². The minimum absolute atomic E-state index is 0.307. The van der Waals surface area contributed by atoms with Crippen LogP contribution in [-0.4, -0.2) is 44.6 Å². The summed E-state index contributed by atoms with van der Waals surface area (Å²) in [5, 5.41) is 8.26. The average molecular weight is 633 g/mol. The number of halogens is 3.